The van der Waals surface area contributed by atoms with Crippen molar-refractivity contribution in [3.8, 4) is 0 Å². The minimum absolute atomic E-state index is 0.356. The van der Waals surface area contributed by atoms with Gasteiger partial charge in [-0.2, -0.15) is 0 Å². The molecule has 3 heteroatoms. The largest absolute Gasteiger partial charge is 0.472 e. The molecule has 0 saturated heterocycles. The van der Waals surface area contributed by atoms with Gasteiger partial charge in [-0.05, 0) is 30.4 Å². The summed E-state index contributed by atoms with van der Waals surface area (Å²) in [5, 5.41) is 0. The monoisotopic (exact) mass is 224 g/mol. The van der Waals surface area contributed by atoms with Crippen LogP contribution in [0, 0.1) is 5.92 Å². The summed E-state index contributed by atoms with van der Waals surface area (Å²) in [7, 11) is 0. The predicted molar refractivity (Wildman–Crippen MR) is 66.8 cm³/mol. The molecule has 3 nitrogen and oxygen atoms in total. The Hall–Kier alpha value is -0.800. The molecule has 0 bridgehead atoms. The first kappa shape index (κ1) is 13.3. The Bertz CT molecular complexity index is 259. The zero-order valence-electron chi connectivity index (χ0n) is 10.4. The van der Waals surface area contributed by atoms with Gasteiger partial charge >= 0.3 is 0 Å². The maximum absolute atomic E-state index is 5.66. The van der Waals surface area contributed by atoms with E-state index in [4.69, 9.17) is 10.3 Å². The number of nitrogens with one attached hydrogen (secondary N) is 1. The van der Waals surface area contributed by atoms with Crippen molar-refractivity contribution >= 4 is 0 Å². The zero-order chi connectivity index (χ0) is 11.8. The van der Waals surface area contributed by atoms with Crippen molar-refractivity contribution < 1.29 is 4.42 Å². The van der Waals surface area contributed by atoms with Gasteiger partial charge < -0.3 is 4.42 Å². The molecule has 0 aliphatic carbocycles. The highest BCUT2D eigenvalue weighted by Gasteiger charge is 2.18. The van der Waals surface area contributed by atoms with Crippen molar-refractivity contribution in [2.24, 2.45) is 11.8 Å². The fourth-order valence-corrected chi connectivity index (χ4v) is 2.18. The number of rotatable bonds is 8. The molecule has 3 N–H and O–H groups in total. The number of unbranched alkanes of at least 4 members (excludes halogenated alkanes) is 1. The van der Waals surface area contributed by atoms with Crippen molar-refractivity contribution in [1.29, 1.82) is 0 Å². The Morgan fingerprint density at radius 1 is 1.44 bits per heavy atom. The van der Waals surface area contributed by atoms with Crippen molar-refractivity contribution in [3.63, 3.8) is 0 Å². The highest BCUT2D eigenvalue weighted by molar-refractivity contribution is 5.07. The van der Waals surface area contributed by atoms with Crippen LogP contribution in [0.3, 0.4) is 0 Å². The Morgan fingerprint density at radius 3 is 2.75 bits per heavy atom. The summed E-state index contributed by atoms with van der Waals surface area (Å²) in [6, 6.07) is 2.37. The number of hydrogen-bond donors (Lipinski definition) is 2. The van der Waals surface area contributed by atoms with Gasteiger partial charge in [0.15, 0.2) is 0 Å². The molecular weight excluding hydrogens is 200 g/mol. The van der Waals surface area contributed by atoms with E-state index >= 15 is 0 Å². The molecule has 0 spiro atoms. The zero-order valence-corrected chi connectivity index (χ0v) is 10.4. The third-order valence-corrected chi connectivity index (χ3v) is 3.27. The smallest absolute Gasteiger partial charge is 0.0935 e. The van der Waals surface area contributed by atoms with Gasteiger partial charge in [-0.3, -0.25) is 11.3 Å². The van der Waals surface area contributed by atoms with Crippen molar-refractivity contribution in [2.75, 3.05) is 0 Å². The molecule has 92 valence electrons. The number of furan rings is 1. The molecule has 0 aromatic carbocycles. The molecular formula is C13H24N2O. The second-order valence-corrected chi connectivity index (χ2v) is 4.42. The lowest BCUT2D eigenvalue weighted by molar-refractivity contribution is 0.318. The second-order valence-electron chi connectivity index (χ2n) is 4.42. The van der Waals surface area contributed by atoms with Crippen LogP contribution in [0.1, 0.15) is 45.1 Å². The van der Waals surface area contributed by atoms with Crippen LogP contribution in [0.2, 0.25) is 0 Å². The Morgan fingerprint density at radius 2 is 2.25 bits per heavy atom. The van der Waals surface area contributed by atoms with Crippen LogP contribution >= 0.6 is 0 Å². The first-order valence-corrected chi connectivity index (χ1v) is 6.29. The van der Waals surface area contributed by atoms with Gasteiger partial charge in [0.1, 0.15) is 0 Å². The van der Waals surface area contributed by atoms with Crippen molar-refractivity contribution in [1.82, 2.24) is 5.43 Å². The summed E-state index contributed by atoms with van der Waals surface area (Å²) in [6.07, 6.45) is 9.43. The molecule has 0 radical (unpaired) electrons. The molecule has 0 fully saturated rings. The average molecular weight is 224 g/mol. The van der Waals surface area contributed by atoms with Gasteiger partial charge in [-0.1, -0.05) is 33.1 Å². The third kappa shape index (κ3) is 3.99. The first-order chi connectivity index (χ1) is 7.81. The molecule has 0 aliphatic rings. The summed E-state index contributed by atoms with van der Waals surface area (Å²) in [4.78, 5) is 0. The minimum atomic E-state index is 0.356. The van der Waals surface area contributed by atoms with E-state index in [0.29, 0.717) is 12.0 Å². The van der Waals surface area contributed by atoms with Crippen LogP contribution in [-0.4, -0.2) is 6.04 Å². The van der Waals surface area contributed by atoms with Crippen molar-refractivity contribution in [3.05, 3.63) is 24.2 Å². The quantitative estimate of drug-likeness (QED) is 0.527. The molecule has 16 heavy (non-hydrogen) atoms. The van der Waals surface area contributed by atoms with Crippen LogP contribution in [-0.2, 0) is 6.42 Å². The number of hydrazine groups is 1. The topological polar surface area (TPSA) is 51.2 Å². The predicted octanol–water partition coefficient (Wildman–Crippen LogP) is 2.87. The van der Waals surface area contributed by atoms with Crippen molar-refractivity contribution in [2.45, 2.75) is 52.0 Å². The van der Waals surface area contributed by atoms with E-state index in [1.807, 2.05) is 6.07 Å². The lowest BCUT2D eigenvalue weighted by Gasteiger charge is -2.25. The van der Waals surface area contributed by atoms with Gasteiger partial charge in [0.2, 0.25) is 0 Å². The SMILES string of the molecule is CCCCC(CC)C(Cc1ccoc1)NN. The maximum atomic E-state index is 5.66. The molecule has 1 aromatic heterocycles. The summed E-state index contributed by atoms with van der Waals surface area (Å²) in [5.41, 5.74) is 4.18. The molecule has 2 atom stereocenters. The van der Waals surface area contributed by atoms with E-state index in [1.54, 1.807) is 12.5 Å². The lowest BCUT2D eigenvalue weighted by Crippen LogP contribution is -2.42. The van der Waals surface area contributed by atoms with Crippen LogP contribution < -0.4 is 11.3 Å². The van der Waals surface area contributed by atoms with Crippen LogP contribution in [0.4, 0.5) is 0 Å². The van der Waals surface area contributed by atoms with E-state index in [2.05, 4.69) is 19.3 Å². The Kier molecular flexibility index (Phi) is 6.19. The Balaban J connectivity index is 2.49. The van der Waals surface area contributed by atoms with E-state index < -0.39 is 0 Å². The minimum Gasteiger partial charge on any atom is -0.472 e. The van der Waals surface area contributed by atoms with Gasteiger partial charge in [-0.15, -0.1) is 0 Å². The normalized spacial score (nSPS) is 14.9. The van der Waals surface area contributed by atoms with Gasteiger partial charge in [0, 0.05) is 6.04 Å². The summed E-state index contributed by atoms with van der Waals surface area (Å²) in [5.74, 6) is 6.31. The molecule has 1 rings (SSSR count). The standard InChI is InChI=1S/C13H24N2O/c1-3-5-6-12(4-2)13(15-14)9-11-7-8-16-10-11/h7-8,10,12-13,15H,3-6,9,14H2,1-2H3. The fraction of sp³-hybridized carbons (Fsp3) is 0.692. The van der Waals surface area contributed by atoms with Crippen LogP contribution in [0.15, 0.2) is 23.0 Å². The summed E-state index contributed by atoms with van der Waals surface area (Å²) in [6.45, 7) is 4.47. The maximum Gasteiger partial charge on any atom is 0.0935 e. The average Bonchev–Trinajstić information content (AvgIpc) is 2.81. The van der Waals surface area contributed by atoms with Gasteiger partial charge in [0.25, 0.3) is 0 Å². The molecule has 1 heterocycles. The number of hydrogen-bond acceptors (Lipinski definition) is 3. The lowest BCUT2D eigenvalue weighted by atomic mass is 9.88. The molecule has 0 amide bonds. The summed E-state index contributed by atoms with van der Waals surface area (Å²) < 4.78 is 5.09. The highest BCUT2D eigenvalue weighted by atomic mass is 16.3. The van der Waals surface area contributed by atoms with E-state index in [0.717, 1.165) is 6.42 Å². The van der Waals surface area contributed by atoms with Gasteiger partial charge in [0.05, 0.1) is 12.5 Å². The molecule has 0 aliphatic heterocycles. The third-order valence-electron chi connectivity index (χ3n) is 3.27. The van der Waals surface area contributed by atoms with E-state index in [9.17, 15) is 0 Å². The van der Waals surface area contributed by atoms with E-state index in [1.165, 1.54) is 31.2 Å². The van der Waals surface area contributed by atoms with E-state index in [-0.39, 0.29) is 0 Å². The second kappa shape index (κ2) is 7.47. The van der Waals surface area contributed by atoms with Crippen LogP contribution in [0.25, 0.3) is 0 Å². The highest BCUT2D eigenvalue weighted by Crippen LogP contribution is 2.19. The van der Waals surface area contributed by atoms with Gasteiger partial charge in [-0.25, -0.2) is 0 Å². The molecule has 0 saturated carbocycles. The fourth-order valence-electron chi connectivity index (χ4n) is 2.18. The molecule has 2 unspecified atom stereocenters. The molecule has 1 aromatic rings. The number of nitrogens with two attached hydrogens (primary N) is 1. The van der Waals surface area contributed by atoms with Crippen LogP contribution in [0.5, 0.6) is 0 Å². The Labute approximate surface area is 98.4 Å². The first-order valence-electron chi connectivity index (χ1n) is 6.29. The summed E-state index contributed by atoms with van der Waals surface area (Å²) >= 11 is 0.